The van der Waals surface area contributed by atoms with E-state index < -0.39 is 0 Å². The smallest absolute Gasteiger partial charge is 0.317 e. The lowest BCUT2D eigenvalue weighted by atomic mass is 9.64. The molecule has 5 nitrogen and oxygen atoms in total. The number of hydrogen-bond donors (Lipinski definition) is 1. The van der Waals surface area contributed by atoms with Gasteiger partial charge in [-0.2, -0.15) is 0 Å². The van der Waals surface area contributed by atoms with Gasteiger partial charge in [0.15, 0.2) is 0 Å². The third-order valence-corrected chi connectivity index (χ3v) is 5.29. The van der Waals surface area contributed by atoms with Crippen LogP contribution in [-0.2, 0) is 10.2 Å². The van der Waals surface area contributed by atoms with E-state index >= 15 is 0 Å². The Kier molecular flexibility index (Phi) is 4.55. The normalized spacial score (nSPS) is 19.9. The van der Waals surface area contributed by atoms with Gasteiger partial charge in [-0.05, 0) is 18.4 Å². The van der Waals surface area contributed by atoms with Gasteiger partial charge in [0.1, 0.15) is 0 Å². The predicted octanol–water partition coefficient (Wildman–Crippen LogP) is 1.98. The number of rotatable bonds is 3. The summed E-state index contributed by atoms with van der Waals surface area (Å²) in [6.45, 7) is 4.77. The topological polar surface area (TPSA) is 52.7 Å². The summed E-state index contributed by atoms with van der Waals surface area (Å²) < 4.78 is 0. The summed E-state index contributed by atoms with van der Waals surface area (Å²) in [5.74, 6) is 0.0857. The van der Waals surface area contributed by atoms with E-state index in [0.29, 0.717) is 32.7 Å². The molecule has 1 heterocycles. The van der Waals surface area contributed by atoms with Crippen LogP contribution in [0.5, 0.6) is 0 Å². The Labute approximate surface area is 137 Å². The third kappa shape index (κ3) is 3.33. The van der Waals surface area contributed by atoms with Crippen molar-refractivity contribution in [1.29, 1.82) is 0 Å². The minimum atomic E-state index is -0.00425. The van der Waals surface area contributed by atoms with Crippen LogP contribution < -0.4 is 5.32 Å². The van der Waals surface area contributed by atoms with Crippen molar-refractivity contribution in [2.75, 3.05) is 32.7 Å². The fourth-order valence-corrected chi connectivity index (χ4v) is 3.54. The molecule has 1 saturated carbocycles. The number of amides is 3. The van der Waals surface area contributed by atoms with Gasteiger partial charge in [-0.1, -0.05) is 36.8 Å². The Morgan fingerprint density at radius 3 is 2.17 bits per heavy atom. The van der Waals surface area contributed by atoms with Gasteiger partial charge in [0.25, 0.3) is 0 Å². The Bertz CT molecular complexity index is 561. The molecule has 1 saturated heterocycles. The summed E-state index contributed by atoms with van der Waals surface area (Å²) in [5, 5.41) is 3.12. The third-order valence-electron chi connectivity index (χ3n) is 5.29. The van der Waals surface area contributed by atoms with Gasteiger partial charge in [-0.25, -0.2) is 4.79 Å². The van der Waals surface area contributed by atoms with Crippen molar-refractivity contribution < 1.29 is 9.59 Å². The number of piperazine rings is 1. The van der Waals surface area contributed by atoms with Crippen molar-refractivity contribution in [1.82, 2.24) is 15.1 Å². The Balaban J connectivity index is 1.54. The fraction of sp³-hybridized carbons (Fsp3) is 0.556. The van der Waals surface area contributed by atoms with Gasteiger partial charge < -0.3 is 15.1 Å². The molecule has 2 aliphatic rings. The van der Waals surface area contributed by atoms with Crippen LogP contribution in [0.4, 0.5) is 4.79 Å². The number of carbonyl (C=O) groups is 2. The van der Waals surface area contributed by atoms with Crippen LogP contribution in [0.3, 0.4) is 0 Å². The zero-order valence-corrected chi connectivity index (χ0v) is 13.8. The number of carbonyl (C=O) groups excluding carboxylic acids is 2. The van der Waals surface area contributed by atoms with Crippen molar-refractivity contribution in [2.24, 2.45) is 0 Å². The van der Waals surface area contributed by atoms with E-state index in [1.54, 1.807) is 11.8 Å². The largest absolute Gasteiger partial charge is 0.339 e. The highest BCUT2D eigenvalue weighted by molar-refractivity contribution is 5.76. The molecule has 1 aromatic carbocycles. The summed E-state index contributed by atoms with van der Waals surface area (Å²) in [6, 6.07) is 10.5. The SMILES string of the molecule is CC(=O)N1CCN(C(=O)NCC2(c3ccccc3)CCC2)CC1. The fourth-order valence-electron chi connectivity index (χ4n) is 3.54. The Hall–Kier alpha value is -2.04. The molecule has 1 aliphatic heterocycles. The van der Waals surface area contributed by atoms with Gasteiger partial charge in [-0.15, -0.1) is 0 Å². The molecule has 0 bridgehead atoms. The van der Waals surface area contributed by atoms with Crippen molar-refractivity contribution in [3.63, 3.8) is 0 Å². The lowest BCUT2D eigenvalue weighted by molar-refractivity contribution is -0.130. The second kappa shape index (κ2) is 6.60. The van der Waals surface area contributed by atoms with E-state index in [1.807, 2.05) is 11.0 Å². The van der Waals surface area contributed by atoms with Gasteiger partial charge >= 0.3 is 6.03 Å². The molecule has 3 rings (SSSR count). The van der Waals surface area contributed by atoms with Crippen LogP contribution in [0.2, 0.25) is 0 Å². The summed E-state index contributed by atoms with van der Waals surface area (Å²) in [6.07, 6.45) is 3.49. The van der Waals surface area contributed by atoms with Gasteiger partial charge in [0, 0.05) is 45.1 Å². The molecule has 2 fully saturated rings. The van der Waals surface area contributed by atoms with E-state index in [4.69, 9.17) is 0 Å². The first-order valence-corrected chi connectivity index (χ1v) is 8.45. The summed E-state index contributed by atoms with van der Waals surface area (Å²) >= 11 is 0. The molecule has 3 amide bonds. The number of nitrogens with zero attached hydrogens (tertiary/aromatic N) is 2. The molecule has 0 spiro atoms. The van der Waals surface area contributed by atoms with Crippen LogP contribution in [0, 0.1) is 0 Å². The van der Waals surface area contributed by atoms with Gasteiger partial charge in [0.2, 0.25) is 5.91 Å². The van der Waals surface area contributed by atoms with E-state index in [1.165, 1.54) is 12.0 Å². The summed E-state index contributed by atoms with van der Waals surface area (Å²) in [5.41, 5.74) is 1.44. The number of urea groups is 1. The monoisotopic (exact) mass is 315 g/mol. The highest BCUT2D eigenvalue weighted by Crippen LogP contribution is 2.43. The quantitative estimate of drug-likeness (QED) is 0.927. The van der Waals surface area contributed by atoms with Crippen molar-refractivity contribution in [2.45, 2.75) is 31.6 Å². The minimum Gasteiger partial charge on any atom is -0.339 e. The van der Waals surface area contributed by atoms with Crippen molar-refractivity contribution in [3.05, 3.63) is 35.9 Å². The molecule has 5 heteroatoms. The molecule has 0 aromatic heterocycles. The zero-order valence-electron chi connectivity index (χ0n) is 13.8. The lowest BCUT2D eigenvalue weighted by Gasteiger charge is -2.43. The molecular formula is C18H25N3O2. The standard InChI is InChI=1S/C18H25N3O2/c1-15(22)20-10-12-21(13-11-20)17(23)19-14-18(8-5-9-18)16-6-3-2-4-7-16/h2-4,6-7H,5,8-14H2,1H3,(H,19,23). The van der Waals surface area contributed by atoms with E-state index in [-0.39, 0.29) is 17.4 Å². The molecule has 23 heavy (non-hydrogen) atoms. The first-order valence-electron chi connectivity index (χ1n) is 8.45. The number of nitrogens with one attached hydrogen (secondary N) is 1. The molecule has 1 N–H and O–H groups in total. The summed E-state index contributed by atoms with van der Waals surface area (Å²) in [4.78, 5) is 27.4. The van der Waals surface area contributed by atoms with E-state index in [0.717, 1.165) is 12.8 Å². The molecule has 0 unspecified atom stereocenters. The second-order valence-corrected chi connectivity index (χ2v) is 6.65. The van der Waals surface area contributed by atoms with Crippen molar-refractivity contribution >= 4 is 11.9 Å². The Morgan fingerprint density at radius 1 is 1.04 bits per heavy atom. The molecular weight excluding hydrogens is 290 g/mol. The molecule has 1 aliphatic carbocycles. The predicted molar refractivity (Wildman–Crippen MR) is 89.2 cm³/mol. The highest BCUT2D eigenvalue weighted by atomic mass is 16.2. The number of benzene rings is 1. The molecule has 1 aromatic rings. The Morgan fingerprint density at radius 2 is 1.65 bits per heavy atom. The zero-order chi connectivity index (χ0) is 16.3. The molecule has 124 valence electrons. The van der Waals surface area contributed by atoms with Crippen LogP contribution >= 0.6 is 0 Å². The lowest BCUT2D eigenvalue weighted by Crippen LogP contribution is -2.55. The first-order chi connectivity index (χ1) is 11.1. The van der Waals surface area contributed by atoms with E-state index in [9.17, 15) is 9.59 Å². The van der Waals surface area contributed by atoms with Gasteiger partial charge in [0.05, 0.1) is 0 Å². The second-order valence-electron chi connectivity index (χ2n) is 6.65. The van der Waals surface area contributed by atoms with Gasteiger partial charge in [-0.3, -0.25) is 4.79 Å². The van der Waals surface area contributed by atoms with Crippen molar-refractivity contribution in [3.8, 4) is 0 Å². The van der Waals surface area contributed by atoms with E-state index in [2.05, 4.69) is 29.6 Å². The maximum absolute atomic E-state index is 12.4. The highest BCUT2D eigenvalue weighted by Gasteiger charge is 2.39. The maximum Gasteiger partial charge on any atom is 0.317 e. The average Bonchev–Trinajstić information content (AvgIpc) is 2.55. The van der Waals surface area contributed by atoms with Crippen LogP contribution in [0.25, 0.3) is 0 Å². The molecule has 0 atom stereocenters. The summed E-state index contributed by atoms with van der Waals surface area (Å²) in [7, 11) is 0. The van der Waals surface area contributed by atoms with Crippen LogP contribution in [-0.4, -0.2) is 54.5 Å². The van der Waals surface area contributed by atoms with Crippen LogP contribution in [0.1, 0.15) is 31.7 Å². The minimum absolute atomic E-state index is 0.00425. The number of hydrogen-bond acceptors (Lipinski definition) is 2. The first kappa shape index (κ1) is 15.8. The van der Waals surface area contributed by atoms with Crippen LogP contribution in [0.15, 0.2) is 30.3 Å². The maximum atomic E-state index is 12.4. The average molecular weight is 315 g/mol. The molecule has 0 radical (unpaired) electrons.